The van der Waals surface area contributed by atoms with Crippen molar-refractivity contribution in [1.82, 2.24) is 4.31 Å². The second-order valence-electron chi connectivity index (χ2n) is 2.92. The topological polar surface area (TPSA) is 57.6 Å². The molecule has 1 rings (SSSR count). The van der Waals surface area contributed by atoms with Gasteiger partial charge in [0.2, 0.25) is 10.0 Å². The Hall–Kier alpha value is -1.07. The third-order valence-electron chi connectivity index (χ3n) is 1.97. The number of aromatic hydroxyl groups is 1. The molecule has 0 heterocycles. The standard InChI is InChI=1S/C9H13NO3S/c1-3-10(2)14(12,13)9-6-4-5-8(11)7-9/h4-7,11H,3H2,1-2H3. The molecule has 0 aliphatic heterocycles. The third kappa shape index (κ3) is 2.05. The molecule has 0 aromatic heterocycles. The van der Waals surface area contributed by atoms with Crippen molar-refractivity contribution in [3.63, 3.8) is 0 Å². The van der Waals surface area contributed by atoms with Crippen LogP contribution >= 0.6 is 0 Å². The quantitative estimate of drug-likeness (QED) is 0.819. The molecule has 1 aromatic carbocycles. The fourth-order valence-corrected chi connectivity index (χ4v) is 2.21. The predicted molar refractivity (Wildman–Crippen MR) is 53.6 cm³/mol. The first-order valence-electron chi connectivity index (χ1n) is 4.24. The molecule has 1 aromatic rings. The molecule has 14 heavy (non-hydrogen) atoms. The third-order valence-corrected chi connectivity index (χ3v) is 3.90. The van der Waals surface area contributed by atoms with Crippen LogP contribution < -0.4 is 0 Å². The zero-order valence-corrected chi connectivity index (χ0v) is 8.95. The van der Waals surface area contributed by atoms with E-state index >= 15 is 0 Å². The van der Waals surface area contributed by atoms with Gasteiger partial charge in [-0.2, -0.15) is 0 Å². The summed E-state index contributed by atoms with van der Waals surface area (Å²) in [7, 11) is -1.94. The van der Waals surface area contributed by atoms with E-state index in [-0.39, 0.29) is 10.6 Å². The fourth-order valence-electron chi connectivity index (χ4n) is 0.994. The first-order valence-corrected chi connectivity index (χ1v) is 5.68. The highest BCUT2D eigenvalue weighted by Crippen LogP contribution is 2.18. The van der Waals surface area contributed by atoms with Crippen molar-refractivity contribution in [3.8, 4) is 5.75 Å². The van der Waals surface area contributed by atoms with Gasteiger partial charge in [-0.05, 0) is 18.2 Å². The van der Waals surface area contributed by atoms with Crippen LogP contribution in [0.3, 0.4) is 0 Å². The molecule has 0 saturated carbocycles. The van der Waals surface area contributed by atoms with Crippen molar-refractivity contribution in [2.45, 2.75) is 11.8 Å². The van der Waals surface area contributed by atoms with Crippen molar-refractivity contribution in [2.75, 3.05) is 13.6 Å². The molecule has 5 heteroatoms. The molecule has 78 valence electrons. The minimum atomic E-state index is -3.44. The van der Waals surface area contributed by atoms with Crippen LogP contribution in [0.2, 0.25) is 0 Å². The monoisotopic (exact) mass is 215 g/mol. The summed E-state index contributed by atoms with van der Waals surface area (Å²) in [6.45, 7) is 2.15. The average Bonchev–Trinajstić information content (AvgIpc) is 2.16. The van der Waals surface area contributed by atoms with Crippen LogP contribution in [0.1, 0.15) is 6.92 Å². The summed E-state index contributed by atoms with van der Waals surface area (Å²) in [5, 5.41) is 9.15. The van der Waals surface area contributed by atoms with Crippen LogP contribution in [0.15, 0.2) is 29.2 Å². The van der Waals surface area contributed by atoms with Gasteiger partial charge in [-0.15, -0.1) is 0 Å². The van der Waals surface area contributed by atoms with Crippen molar-refractivity contribution in [2.24, 2.45) is 0 Å². The van der Waals surface area contributed by atoms with Crippen LogP contribution in [0, 0.1) is 0 Å². The largest absolute Gasteiger partial charge is 0.508 e. The van der Waals surface area contributed by atoms with E-state index in [1.807, 2.05) is 0 Å². The molecule has 0 radical (unpaired) electrons. The Kier molecular flexibility index (Phi) is 3.13. The highest BCUT2D eigenvalue weighted by atomic mass is 32.2. The van der Waals surface area contributed by atoms with Gasteiger partial charge in [0.15, 0.2) is 0 Å². The number of benzene rings is 1. The van der Waals surface area contributed by atoms with Gasteiger partial charge >= 0.3 is 0 Å². The van der Waals surface area contributed by atoms with Crippen molar-refractivity contribution in [1.29, 1.82) is 0 Å². The Labute approximate surface area is 83.8 Å². The Morgan fingerprint density at radius 1 is 1.43 bits per heavy atom. The Bertz CT molecular complexity index is 414. The minimum Gasteiger partial charge on any atom is -0.508 e. The van der Waals surface area contributed by atoms with E-state index in [0.717, 1.165) is 0 Å². The maximum atomic E-state index is 11.7. The second-order valence-corrected chi connectivity index (χ2v) is 4.96. The van der Waals surface area contributed by atoms with Gasteiger partial charge in [0.05, 0.1) is 4.90 Å². The zero-order chi connectivity index (χ0) is 10.8. The van der Waals surface area contributed by atoms with E-state index in [2.05, 4.69) is 0 Å². The molecule has 0 atom stereocenters. The molecule has 0 unspecified atom stereocenters. The second kappa shape index (κ2) is 3.98. The Balaban J connectivity index is 3.17. The van der Waals surface area contributed by atoms with Gasteiger partial charge < -0.3 is 5.11 Å². The summed E-state index contributed by atoms with van der Waals surface area (Å²) < 4.78 is 24.7. The number of phenols is 1. The maximum absolute atomic E-state index is 11.7. The number of nitrogens with zero attached hydrogens (tertiary/aromatic N) is 1. The maximum Gasteiger partial charge on any atom is 0.242 e. The number of phenolic OH excluding ortho intramolecular Hbond substituents is 1. The number of hydrogen-bond donors (Lipinski definition) is 1. The average molecular weight is 215 g/mol. The Morgan fingerprint density at radius 3 is 2.57 bits per heavy atom. The summed E-state index contributed by atoms with van der Waals surface area (Å²) in [5.74, 6) is -0.0458. The summed E-state index contributed by atoms with van der Waals surface area (Å²) in [6.07, 6.45) is 0. The summed E-state index contributed by atoms with van der Waals surface area (Å²) >= 11 is 0. The summed E-state index contributed by atoms with van der Waals surface area (Å²) in [4.78, 5) is 0.113. The molecule has 0 fully saturated rings. The molecule has 1 N–H and O–H groups in total. The van der Waals surface area contributed by atoms with Crippen molar-refractivity contribution >= 4 is 10.0 Å². The lowest BCUT2D eigenvalue weighted by molar-refractivity contribution is 0.468. The van der Waals surface area contributed by atoms with Crippen LogP contribution in [0.25, 0.3) is 0 Å². The lowest BCUT2D eigenvalue weighted by Crippen LogP contribution is -2.26. The van der Waals surface area contributed by atoms with Gasteiger partial charge in [-0.25, -0.2) is 12.7 Å². The smallest absolute Gasteiger partial charge is 0.242 e. The van der Waals surface area contributed by atoms with Gasteiger partial charge in [0.1, 0.15) is 5.75 Å². The fraction of sp³-hybridized carbons (Fsp3) is 0.333. The van der Waals surface area contributed by atoms with Crippen LogP contribution in [0.5, 0.6) is 5.75 Å². The molecule has 0 saturated heterocycles. The molecule has 0 bridgehead atoms. The predicted octanol–water partition coefficient (Wildman–Crippen LogP) is 1.03. The molecule has 0 aliphatic rings. The molecular weight excluding hydrogens is 202 g/mol. The number of sulfonamides is 1. The molecule has 0 amide bonds. The molecule has 4 nitrogen and oxygen atoms in total. The zero-order valence-electron chi connectivity index (χ0n) is 8.14. The minimum absolute atomic E-state index is 0.0458. The molecule has 0 spiro atoms. The van der Waals surface area contributed by atoms with Crippen LogP contribution in [-0.4, -0.2) is 31.4 Å². The summed E-state index contributed by atoms with van der Waals surface area (Å²) in [5.41, 5.74) is 0. The van der Waals surface area contributed by atoms with E-state index < -0.39 is 10.0 Å². The van der Waals surface area contributed by atoms with E-state index in [9.17, 15) is 8.42 Å². The number of hydrogen-bond acceptors (Lipinski definition) is 3. The van der Waals surface area contributed by atoms with Crippen molar-refractivity contribution < 1.29 is 13.5 Å². The highest BCUT2D eigenvalue weighted by Gasteiger charge is 2.18. The Morgan fingerprint density at radius 2 is 2.07 bits per heavy atom. The van der Waals surface area contributed by atoms with Crippen LogP contribution in [0.4, 0.5) is 0 Å². The van der Waals surface area contributed by atoms with E-state index in [4.69, 9.17) is 5.11 Å². The first-order chi connectivity index (χ1) is 6.48. The normalized spacial score (nSPS) is 11.9. The van der Waals surface area contributed by atoms with E-state index in [0.29, 0.717) is 6.54 Å². The molecular formula is C9H13NO3S. The SMILES string of the molecule is CCN(C)S(=O)(=O)c1cccc(O)c1. The van der Waals surface area contributed by atoms with Crippen LogP contribution in [-0.2, 0) is 10.0 Å². The number of rotatable bonds is 3. The summed E-state index contributed by atoms with van der Waals surface area (Å²) in [6, 6.07) is 5.64. The van der Waals surface area contributed by atoms with E-state index in [1.165, 1.54) is 35.6 Å². The highest BCUT2D eigenvalue weighted by molar-refractivity contribution is 7.89. The van der Waals surface area contributed by atoms with E-state index in [1.54, 1.807) is 6.92 Å². The van der Waals surface area contributed by atoms with Gasteiger partial charge in [0, 0.05) is 13.6 Å². The lowest BCUT2D eigenvalue weighted by Gasteiger charge is -2.14. The van der Waals surface area contributed by atoms with Gasteiger partial charge in [-0.1, -0.05) is 13.0 Å². The van der Waals surface area contributed by atoms with Gasteiger partial charge in [0.25, 0.3) is 0 Å². The molecule has 0 aliphatic carbocycles. The van der Waals surface area contributed by atoms with Gasteiger partial charge in [-0.3, -0.25) is 0 Å². The first kappa shape index (κ1) is 11.0. The lowest BCUT2D eigenvalue weighted by atomic mass is 10.3. The van der Waals surface area contributed by atoms with Crippen molar-refractivity contribution in [3.05, 3.63) is 24.3 Å².